The first kappa shape index (κ1) is 23.8. The van der Waals surface area contributed by atoms with Crippen LogP contribution in [0.15, 0.2) is 54.5 Å². The Kier molecular flexibility index (Phi) is 9.89. The minimum atomic E-state index is -1.18. The van der Waals surface area contributed by atoms with Gasteiger partial charge in [0.15, 0.2) is 5.83 Å². The average molecular weight is 429 g/mol. The minimum Gasteiger partial charge on any atom is -0.366 e. The largest absolute Gasteiger partial charge is 0.366 e. The van der Waals surface area contributed by atoms with E-state index in [1.54, 1.807) is 12.1 Å². The molecule has 0 saturated carbocycles. The number of rotatable bonds is 6. The number of hydrogen-bond acceptors (Lipinski definition) is 5. The van der Waals surface area contributed by atoms with Crippen molar-refractivity contribution in [3.8, 4) is 0 Å². The van der Waals surface area contributed by atoms with Crippen LogP contribution in [0.4, 0.5) is 10.2 Å². The SMILES string of the molecule is Cl.Cl.O=C(NO)/C(F)=C/c1ccc(N[C@@H]2CCN(Cc3ccccc3)C2)nc1. The standard InChI is InChI=1S/C19H21FN4O2.2ClH/c20-17(19(25)23-26)10-15-6-7-18(21-11-15)22-16-8-9-24(13-16)12-14-4-2-1-3-5-14;;/h1-7,10-11,16,26H,8-9,12-13H2,(H,21,22)(H,23,25);2*1H/b17-10-;;/t16-;;/m1../s1. The third-order valence-corrected chi connectivity index (χ3v) is 4.27. The number of halogens is 3. The minimum absolute atomic E-state index is 0. The van der Waals surface area contributed by atoms with Crippen molar-refractivity contribution in [3.05, 3.63) is 65.6 Å². The van der Waals surface area contributed by atoms with Gasteiger partial charge in [-0.3, -0.25) is 14.9 Å². The lowest BCUT2D eigenvalue weighted by atomic mass is 10.2. The van der Waals surface area contributed by atoms with Gasteiger partial charge in [-0.1, -0.05) is 30.3 Å². The molecular formula is C19H23Cl2FN4O2. The Balaban J connectivity index is 0.00000196. The van der Waals surface area contributed by atoms with Crippen molar-refractivity contribution >= 4 is 42.6 Å². The summed E-state index contributed by atoms with van der Waals surface area (Å²) in [6, 6.07) is 14.1. The van der Waals surface area contributed by atoms with Gasteiger partial charge in [-0.25, -0.2) is 14.9 Å². The molecule has 0 aliphatic carbocycles. The molecule has 0 spiro atoms. The molecule has 0 unspecified atom stereocenters. The number of benzene rings is 1. The molecule has 1 saturated heterocycles. The van der Waals surface area contributed by atoms with E-state index < -0.39 is 11.7 Å². The van der Waals surface area contributed by atoms with Gasteiger partial charge in [0.2, 0.25) is 0 Å². The highest BCUT2D eigenvalue weighted by Crippen LogP contribution is 2.17. The number of hydrogen-bond donors (Lipinski definition) is 3. The molecule has 2 heterocycles. The maximum absolute atomic E-state index is 13.4. The number of anilines is 1. The van der Waals surface area contributed by atoms with Crippen molar-refractivity contribution in [1.82, 2.24) is 15.4 Å². The number of likely N-dealkylation sites (tertiary alicyclic amines) is 1. The van der Waals surface area contributed by atoms with E-state index in [1.807, 2.05) is 18.2 Å². The number of nitrogens with one attached hydrogen (secondary N) is 2. The molecular weight excluding hydrogens is 406 g/mol. The van der Waals surface area contributed by atoms with Crippen molar-refractivity contribution in [3.63, 3.8) is 0 Å². The highest BCUT2D eigenvalue weighted by atomic mass is 35.5. The first-order chi connectivity index (χ1) is 12.6. The van der Waals surface area contributed by atoms with Crippen molar-refractivity contribution in [2.75, 3.05) is 18.4 Å². The molecule has 1 aromatic heterocycles. The molecule has 1 fully saturated rings. The van der Waals surface area contributed by atoms with Crippen LogP contribution in [0.5, 0.6) is 0 Å². The summed E-state index contributed by atoms with van der Waals surface area (Å²) in [5.74, 6) is -1.56. The third kappa shape index (κ3) is 6.76. The number of aromatic nitrogens is 1. The van der Waals surface area contributed by atoms with Gasteiger partial charge in [0.25, 0.3) is 0 Å². The van der Waals surface area contributed by atoms with Gasteiger partial charge in [0.05, 0.1) is 0 Å². The summed E-state index contributed by atoms with van der Waals surface area (Å²) in [5, 5.41) is 11.8. The lowest BCUT2D eigenvalue weighted by Crippen LogP contribution is -2.26. The fraction of sp³-hybridized carbons (Fsp3) is 0.263. The van der Waals surface area contributed by atoms with Crippen LogP contribution in [-0.4, -0.2) is 40.1 Å². The molecule has 3 rings (SSSR count). The van der Waals surface area contributed by atoms with Crippen LogP contribution >= 0.6 is 24.8 Å². The van der Waals surface area contributed by atoms with Crippen LogP contribution in [0.2, 0.25) is 0 Å². The summed E-state index contributed by atoms with van der Waals surface area (Å²) < 4.78 is 13.4. The maximum atomic E-state index is 13.4. The Bertz CT molecular complexity index is 775. The van der Waals surface area contributed by atoms with Crippen LogP contribution in [0.3, 0.4) is 0 Å². The Labute approximate surface area is 175 Å². The number of amides is 1. The van der Waals surface area contributed by atoms with E-state index >= 15 is 0 Å². The topological polar surface area (TPSA) is 77.5 Å². The van der Waals surface area contributed by atoms with E-state index in [4.69, 9.17) is 5.21 Å². The second-order valence-corrected chi connectivity index (χ2v) is 6.26. The van der Waals surface area contributed by atoms with Gasteiger partial charge < -0.3 is 5.32 Å². The van der Waals surface area contributed by atoms with Gasteiger partial charge in [0.1, 0.15) is 5.82 Å². The van der Waals surface area contributed by atoms with Crippen LogP contribution in [0.1, 0.15) is 17.5 Å². The first-order valence-corrected chi connectivity index (χ1v) is 8.44. The van der Waals surface area contributed by atoms with Gasteiger partial charge >= 0.3 is 5.91 Å². The summed E-state index contributed by atoms with van der Waals surface area (Å²) in [6.07, 6.45) is 3.52. The maximum Gasteiger partial charge on any atom is 0.303 e. The zero-order valence-electron chi connectivity index (χ0n) is 15.0. The number of hydroxylamine groups is 1. The fourth-order valence-corrected chi connectivity index (χ4v) is 2.99. The molecule has 0 radical (unpaired) electrons. The number of nitrogens with zero attached hydrogens (tertiary/aromatic N) is 2. The number of pyridine rings is 1. The van der Waals surface area contributed by atoms with Crippen molar-refractivity contribution in [2.45, 2.75) is 19.0 Å². The Morgan fingerprint density at radius 1 is 1.25 bits per heavy atom. The van der Waals surface area contributed by atoms with Crippen LogP contribution < -0.4 is 10.8 Å². The fourth-order valence-electron chi connectivity index (χ4n) is 2.99. The number of carbonyl (C=O) groups is 1. The summed E-state index contributed by atoms with van der Waals surface area (Å²) in [5.41, 5.74) is 2.99. The van der Waals surface area contributed by atoms with E-state index in [9.17, 15) is 9.18 Å². The zero-order chi connectivity index (χ0) is 18.4. The average Bonchev–Trinajstić information content (AvgIpc) is 3.10. The second kappa shape index (κ2) is 11.6. The lowest BCUT2D eigenvalue weighted by Gasteiger charge is -2.17. The van der Waals surface area contributed by atoms with Crippen LogP contribution in [-0.2, 0) is 11.3 Å². The van der Waals surface area contributed by atoms with Gasteiger partial charge in [-0.15, -0.1) is 24.8 Å². The van der Waals surface area contributed by atoms with Crippen molar-refractivity contribution in [2.24, 2.45) is 0 Å². The molecule has 1 aliphatic heterocycles. The lowest BCUT2D eigenvalue weighted by molar-refractivity contribution is -0.126. The Hall–Kier alpha value is -2.19. The van der Waals surface area contributed by atoms with E-state index in [-0.39, 0.29) is 24.8 Å². The molecule has 1 amide bonds. The third-order valence-electron chi connectivity index (χ3n) is 4.27. The molecule has 2 aromatic rings. The monoisotopic (exact) mass is 428 g/mol. The first-order valence-electron chi connectivity index (χ1n) is 8.44. The van der Waals surface area contributed by atoms with Gasteiger partial charge in [0, 0.05) is 31.9 Å². The summed E-state index contributed by atoms with van der Waals surface area (Å²) in [7, 11) is 0. The predicted molar refractivity (Wildman–Crippen MR) is 111 cm³/mol. The summed E-state index contributed by atoms with van der Waals surface area (Å²) in [4.78, 5) is 17.6. The highest BCUT2D eigenvalue weighted by molar-refractivity contribution is 5.94. The molecule has 152 valence electrons. The molecule has 3 N–H and O–H groups in total. The van der Waals surface area contributed by atoms with Gasteiger partial charge in [-0.05, 0) is 35.8 Å². The highest BCUT2D eigenvalue weighted by Gasteiger charge is 2.22. The van der Waals surface area contributed by atoms with E-state index in [2.05, 4.69) is 27.3 Å². The van der Waals surface area contributed by atoms with Crippen molar-refractivity contribution < 1.29 is 14.4 Å². The van der Waals surface area contributed by atoms with E-state index in [0.717, 1.165) is 32.1 Å². The Morgan fingerprint density at radius 2 is 2.00 bits per heavy atom. The predicted octanol–water partition coefficient (Wildman–Crippen LogP) is 3.43. The van der Waals surface area contributed by atoms with Crippen LogP contribution in [0, 0.1) is 0 Å². The quantitative estimate of drug-likeness (QED) is 0.373. The van der Waals surface area contributed by atoms with Gasteiger partial charge in [-0.2, -0.15) is 0 Å². The normalized spacial score (nSPS) is 16.6. The molecule has 1 aliphatic rings. The number of carbonyl (C=O) groups excluding carboxylic acids is 1. The van der Waals surface area contributed by atoms with E-state index in [1.165, 1.54) is 17.2 Å². The molecule has 1 atom stereocenters. The van der Waals surface area contributed by atoms with Crippen LogP contribution in [0.25, 0.3) is 6.08 Å². The van der Waals surface area contributed by atoms with E-state index in [0.29, 0.717) is 17.4 Å². The molecule has 6 nitrogen and oxygen atoms in total. The smallest absolute Gasteiger partial charge is 0.303 e. The Morgan fingerprint density at radius 3 is 2.64 bits per heavy atom. The zero-order valence-corrected chi connectivity index (χ0v) is 16.7. The molecule has 28 heavy (non-hydrogen) atoms. The second-order valence-electron chi connectivity index (χ2n) is 6.26. The molecule has 1 aromatic carbocycles. The summed E-state index contributed by atoms with van der Waals surface area (Å²) >= 11 is 0. The summed E-state index contributed by atoms with van der Waals surface area (Å²) in [6.45, 7) is 2.89. The van der Waals surface area contributed by atoms with Crippen molar-refractivity contribution in [1.29, 1.82) is 0 Å². The molecule has 0 bridgehead atoms. The molecule has 9 heteroatoms.